The van der Waals surface area contributed by atoms with E-state index >= 15 is 0 Å². The largest absolute Gasteiger partial charge is 0.441 e. The molecule has 2 atom stereocenters. The second-order valence-electron chi connectivity index (χ2n) is 6.47. The average molecular weight is 360 g/mol. The van der Waals surface area contributed by atoms with Gasteiger partial charge in [-0.05, 0) is 62.6 Å². The number of nitrogen functional groups attached to an aromatic ring is 1. The van der Waals surface area contributed by atoms with Gasteiger partial charge < -0.3 is 15.1 Å². The summed E-state index contributed by atoms with van der Waals surface area (Å²) in [6, 6.07) is 7.10. The van der Waals surface area contributed by atoms with Crippen LogP contribution in [0.1, 0.15) is 37.0 Å². The van der Waals surface area contributed by atoms with Crippen molar-refractivity contribution < 1.29 is 9.21 Å². The van der Waals surface area contributed by atoms with Crippen LogP contribution in [0.4, 0.5) is 5.82 Å². The van der Waals surface area contributed by atoms with E-state index in [-0.39, 0.29) is 23.2 Å². The number of carbonyl (C=O) groups excluding carboxylic acids is 1. The second-order valence-corrected chi connectivity index (χ2v) is 6.84. The number of hydrogen-bond acceptors (Lipinski definition) is 5. The summed E-state index contributed by atoms with van der Waals surface area (Å²) in [5.41, 5.74) is 7.10. The van der Waals surface area contributed by atoms with Gasteiger partial charge in [0.2, 0.25) is 5.82 Å². The number of anilines is 1. The first-order valence-corrected chi connectivity index (χ1v) is 8.56. The van der Waals surface area contributed by atoms with E-state index in [0.717, 1.165) is 12.8 Å². The van der Waals surface area contributed by atoms with Crippen molar-refractivity contribution in [2.45, 2.75) is 38.8 Å². The van der Waals surface area contributed by atoms with E-state index in [1.54, 1.807) is 24.3 Å². The van der Waals surface area contributed by atoms with Gasteiger partial charge in [-0.1, -0.05) is 0 Å². The van der Waals surface area contributed by atoms with E-state index in [4.69, 9.17) is 21.8 Å². The van der Waals surface area contributed by atoms with Crippen LogP contribution in [-0.2, 0) is 0 Å². The third-order valence-electron chi connectivity index (χ3n) is 4.69. The lowest BCUT2D eigenvalue weighted by atomic mass is 10.2. The molecule has 0 saturated carbocycles. The Hall–Kier alpha value is -2.54. The van der Waals surface area contributed by atoms with E-state index in [9.17, 15) is 4.79 Å². The number of fused-ring (bicyclic) bond motifs is 1. The monoisotopic (exact) mass is 359 g/mol. The minimum absolute atomic E-state index is 0.0303. The Labute approximate surface area is 149 Å². The van der Waals surface area contributed by atoms with Gasteiger partial charge in [0, 0.05) is 17.6 Å². The van der Waals surface area contributed by atoms with Gasteiger partial charge in [0.05, 0.1) is 0 Å². The van der Waals surface area contributed by atoms with Gasteiger partial charge in [-0.3, -0.25) is 4.79 Å². The van der Waals surface area contributed by atoms with E-state index in [1.165, 1.54) is 4.52 Å². The predicted molar refractivity (Wildman–Crippen MR) is 94.4 cm³/mol. The van der Waals surface area contributed by atoms with Gasteiger partial charge in [0.15, 0.2) is 16.6 Å². The van der Waals surface area contributed by atoms with Gasteiger partial charge in [-0.25, -0.2) is 4.98 Å². The number of aromatic nitrogens is 3. The molecule has 7 nitrogen and oxygen atoms in total. The molecule has 8 heteroatoms. The van der Waals surface area contributed by atoms with Crippen LogP contribution in [0.5, 0.6) is 0 Å². The van der Waals surface area contributed by atoms with Crippen LogP contribution in [0.15, 0.2) is 28.7 Å². The number of hydrogen-bond donors (Lipinski definition) is 1. The lowest BCUT2D eigenvalue weighted by molar-refractivity contribution is 0.0693. The molecule has 2 unspecified atom stereocenters. The number of carbonyl (C=O) groups is 1. The topological polar surface area (TPSA) is 89.7 Å². The number of likely N-dealkylation sites (tertiary alicyclic amines) is 1. The van der Waals surface area contributed by atoms with Crippen LogP contribution < -0.4 is 5.73 Å². The molecule has 0 bridgehead atoms. The van der Waals surface area contributed by atoms with E-state index in [0.29, 0.717) is 28.6 Å². The molecule has 25 heavy (non-hydrogen) atoms. The normalized spacial score (nSPS) is 20.5. The molecule has 3 aromatic heterocycles. The summed E-state index contributed by atoms with van der Waals surface area (Å²) in [5, 5.41) is 4.59. The van der Waals surface area contributed by atoms with Crippen molar-refractivity contribution in [3.8, 4) is 11.6 Å². The quantitative estimate of drug-likeness (QED) is 0.758. The number of nitrogens with zero attached hydrogens (tertiary/aromatic N) is 4. The Morgan fingerprint density at radius 1 is 1.28 bits per heavy atom. The highest BCUT2D eigenvalue weighted by molar-refractivity contribution is 6.28. The maximum atomic E-state index is 12.9. The lowest BCUT2D eigenvalue weighted by Crippen LogP contribution is -2.38. The summed E-state index contributed by atoms with van der Waals surface area (Å²) in [5.74, 6) is 1.13. The molecule has 4 heterocycles. The first-order valence-electron chi connectivity index (χ1n) is 8.18. The highest BCUT2D eigenvalue weighted by atomic mass is 35.5. The molecule has 2 N–H and O–H groups in total. The zero-order chi connectivity index (χ0) is 17.7. The summed E-state index contributed by atoms with van der Waals surface area (Å²) in [6.07, 6.45) is 2.03. The minimum Gasteiger partial charge on any atom is -0.441 e. The maximum absolute atomic E-state index is 12.9. The molecule has 3 aromatic rings. The summed E-state index contributed by atoms with van der Waals surface area (Å²) in [4.78, 5) is 19.2. The third kappa shape index (κ3) is 2.64. The zero-order valence-corrected chi connectivity index (χ0v) is 14.7. The van der Waals surface area contributed by atoms with Crippen molar-refractivity contribution in [3.05, 3.63) is 35.0 Å². The highest BCUT2D eigenvalue weighted by Crippen LogP contribution is 2.27. The minimum atomic E-state index is -0.0303. The Bertz CT molecular complexity index is 953. The molecule has 1 saturated heterocycles. The number of nitrogens with two attached hydrogens (primary N) is 1. The van der Waals surface area contributed by atoms with Crippen molar-refractivity contribution in [2.24, 2.45) is 0 Å². The highest BCUT2D eigenvalue weighted by Gasteiger charge is 2.32. The zero-order valence-electron chi connectivity index (χ0n) is 13.9. The SMILES string of the molecule is CC1CCC(C)N1C(=O)c1cc(N)n2nc(-c3ccc(Cl)o3)nc2c1. The summed E-state index contributed by atoms with van der Waals surface area (Å²) in [6.45, 7) is 4.14. The molecule has 0 radical (unpaired) electrons. The van der Waals surface area contributed by atoms with Crippen molar-refractivity contribution in [1.29, 1.82) is 0 Å². The number of amides is 1. The first-order chi connectivity index (χ1) is 11.9. The Morgan fingerprint density at radius 2 is 2.00 bits per heavy atom. The fourth-order valence-corrected chi connectivity index (χ4v) is 3.56. The van der Waals surface area contributed by atoms with Crippen molar-refractivity contribution in [3.63, 3.8) is 0 Å². The van der Waals surface area contributed by atoms with Gasteiger partial charge in [-0.15, -0.1) is 5.10 Å². The first kappa shape index (κ1) is 16.0. The standard InChI is InChI=1S/C17H18ClN5O2/c1-9-3-4-10(2)22(9)17(24)11-7-14(19)23-15(8-11)20-16(21-23)12-5-6-13(18)25-12/h5-10H,3-4,19H2,1-2H3. The van der Waals surface area contributed by atoms with Crippen LogP contribution in [-0.4, -0.2) is 37.5 Å². The second kappa shape index (κ2) is 5.77. The van der Waals surface area contributed by atoms with Crippen LogP contribution in [0.25, 0.3) is 17.2 Å². The molecule has 1 amide bonds. The van der Waals surface area contributed by atoms with Crippen LogP contribution in [0.2, 0.25) is 5.22 Å². The third-order valence-corrected chi connectivity index (χ3v) is 4.89. The molecule has 1 aliphatic heterocycles. The van der Waals surface area contributed by atoms with Crippen molar-refractivity contribution in [1.82, 2.24) is 19.5 Å². The summed E-state index contributed by atoms with van der Waals surface area (Å²) in [7, 11) is 0. The van der Waals surface area contributed by atoms with Gasteiger partial charge >= 0.3 is 0 Å². The number of furan rings is 1. The van der Waals surface area contributed by atoms with Crippen LogP contribution in [0, 0.1) is 0 Å². The van der Waals surface area contributed by atoms with E-state index in [1.807, 2.05) is 4.90 Å². The summed E-state index contributed by atoms with van der Waals surface area (Å²) < 4.78 is 6.82. The molecule has 130 valence electrons. The van der Waals surface area contributed by atoms with Crippen molar-refractivity contribution in [2.75, 3.05) is 5.73 Å². The predicted octanol–water partition coefficient (Wildman–Crippen LogP) is 3.24. The van der Waals surface area contributed by atoms with Crippen LogP contribution in [0.3, 0.4) is 0 Å². The summed E-state index contributed by atoms with van der Waals surface area (Å²) >= 11 is 5.80. The number of rotatable bonds is 2. The molecule has 1 aliphatic rings. The molecule has 0 spiro atoms. The molecule has 1 fully saturated rings. The molecule has 0 aliphatic carbocycles. The van der Waals surface area contributed by atoms with E-state index in [2.05, 4.69) is 23.9 Å². The maximum Gasteiger partial charge on any atom is 0.254 e. The van der Waals surface area contributed by atoms with Crippen molar-refractivity contribution >= 4 is 29.0 Å². The number of halogens is 1. The lowest BCUT2D eigenvalue weighted by Gasteiger charge is -2.26. The Balaban J connectivity index is 1.75. The fraction of sp³-hybridized carbons (Fsp3) is 0.353. The molecule has 4 rings (SSSR count). The van der Waals surface area contributed by atoms with E-state index < -0.39 is 0 Å². The van der Waals surface area contributed by atoms with Gasteiger partial charge in [0.25, 0.3) is 5.91 Å². The molecule has 0 aromatic carbocycles. The number of pyridine rings is 1. The van der Waals surface area contributed by atoms with Gasteiger partial charge in [-0.2, -0.15) is 4.52 Å². The Morgan fingerprint density at radius 3 is 2.64 bits per heavy atom. The Kier molecular flexibility index (Phi) is 3.68. The van der Waals surface area contributed by atoms with Gasteiger partial charge in [0.1, 0.15) is 5.82 Å². The average Bonchev–Trinajstić information content (AvgIpc) is 3.26. The smallest absolute Gasteiger partial charge is 0.254 e. The molecular formula is C17H18ClN5O2. The van der Waals surface area contributed by atoms with Crippen LogP contribution >= 0.6 is 11.6 Å². The fourth-order valence-electron chi connectivity index (χ4n) is 3.42. The molecular weight excluding hydrogens is 342 g/mol.